The third-order valence-electron chi connectivity index (χ3n) is 2.63. The molecular formula is C10H14N6O2S. The number of rotatable bonds is 3. The second-order valence-electron chi connectivity index (χ2n) is 4.08. The van der Waals surface area contributed by atoms with Crippen LogP contribution in [-0.4, -0.2) is 33.4 Å². The van der Waals surface area contributed by atoms with E-state index in [1.807, 2.05) is 0 Å². The predicted molar refractivity (Wildman–Crippen MR) is 67.6 cm³/mol. The Balaban J connectivity index is 2.70. The van der Waals surface area contributed by atoms with E-state index in [-0.39, 0.29) is 5.16 Å². The molecule has 0 bridgehead atoms. The van der Waals surface area contributed by atoms with Gasteiger partial charge in [0.1, 0.15) is 0 Å². The van der Waals surface area contributed by atoms with Crippen molar-refractivity contribution in [3.05, 3.63) is 17.5 Å². The molecule has 2 N–H and O–H groups in total. The fourth-order valence-electron chi connectivity index (χ4n) is 1.76. The van der Waals surface area contributed by atoms with E-state index in [9.17, 15) is 8.42 Å². The highest BCUT2D eigenvalue weighted by Gasteiger charge is 2.22. The van der Waals surface area contributed by atoms with E-state index in [0.29, 0.717) is 29.3 Å². The molecule has 8 nitrogen and oxygen atoms in total. The van der Waals surface area contributed by atoms with Crippen molar-refractivity contribution in [2.24, 2.45) is 5.14 Å². The minimum absolute atomic E-state index is 0.251. The minimum Gasteiger partial charge on any atom is -0.297 e. The summed E-state index contributed by atoms with van der Waals surface area (Å²) in [6.07, 6.45) is 0. The van der Waals surface area contributed by atoms with Gasteiger partial charge in [0.05, 0.1) is 11.4 Å². The lowest BCUT2D eigenvalue weighted by Gasteiger charge is -2.08. The molecular weight excluding hydrogens is 268 g/mol. The second kappa shape index (κ2) is 4.67. The standard InChI is InChI=1S/C10H14N6O2S/c1-4-16-9(14-15-10(16)19(11,17)18)8-5-6(2)12-13-7(8)3/h5H,4H2,1-3H3,(H2,11,17,18). The topological polar surface area (TPSA) is 117 Å². The number of nitrogens with two attached hydrogens (primary N) is 1. The summed E-state index contributed by atoms with van der Waals surface area (Å²) in [5.41, 5.74) is 2.05. The maximum absolute atomic E-state index is 11.4. The smallest absolute Gasteiger partial charge is 0.273 e. The van der Waals surface area contributed by atoms with Crippen molar-refractivity contribution >= 4 is 10.0 Å². The molecule has 2 aromatic rings. The quantitative estimate of drug-likeness (QED) is 0.848. The third kappa shape index (κ3) is 2.47. The van der Waals surface area contributed by atoms with Crippen LogP contribution in [0.2, 0.25) is 0 Å². The fourth-order valence-corrected chi connectivity index (χ4v) is 2.44. The van der Waals surface area contributed by atoms with E-state index in [1.54, 1.807) is 26.8 Å². The van der Waals surface area contributed by atoms with E-state index in [2.05, 4.69) is 20.4 Å². The molecule has 0 atom stereocenters. The van der Waals surface area contributed by atoms with Gasteiger partial charge in [-0.3, -0.25) is 4.57 Å². The number of aryl methyl sites for hydroxylation is 2. The van der Waals surface area contributed by atoms with E-state index in [4.69, 9.17) is 5.14 Å². The van der Waals surface area contributed by atoms with Crippen molar-refractivity contribution in [2.45, 2.75) is 32.5 Å². The van der Waals surface area contributed by atoms with E-state index >= 15 is 0 Å². The Morgan fingerprint density at radius 1 is 1.21 bits per heavy atom. The highest BCUT2D eigenvalue weighted by atomic mass is 32.2. The van der Waals surface area contributed by atoms with Crippen LogP contribution in [0, 0.1) is 13.8 Å². The summed E-state index contributed by atoms with van der Waals surface area (Å²) < 4.78 is 24.3. The molecule has 9 heteroatoms. The van der Waals surface area contributed by atoms with Crippen LogP contribution < -0.4 is 5.14 Å². The number of nitrogens with zero attached hydrogens (tertiary/aromatic N) is 5. The van der Waals surface area contributed by atoms with Crippen molar-refractivity contribution in [3.8, 4) is 11.4 Å². The molecule has 0 aliphatic rings. The van der Waals surface area contributed by atoms with Crippen molar-refractivity contribution in [1.29, 1.82) is 0 Å². The van der Waals surface area contributed by atoms with Gasteiger partial charge in [-0.2, -0.15) is 10.2 Å². The Kier molecular flexibility index (Phi) is 3.33. The zero-order chi connectivity index (χ0) is 14.2. The van der Waals surface area contributed by atoms with E-state index < -0.39 is 10.0 Å². The Morgan fingerprint density at radius 2 is 1.89 bits per heavy atom. The highest BCUT2D eigenvalue weighted by molar-refractivity contribution is 7.89. The molecule has 0 aliphatic carbocycles. The monoisotopic (exact) mass is 282 g/mol. The lowest BCUT2D eigenvalue weighted by Crippen LogP contribution is -2.18. The van der Waals surface area contributed by atoms with Gasteiger partial charge in [0.15, 0.2) is 5.82 Å². The summed E-state index contributed by atoms with van der Waals surface area (Å²) >= 11 is 0. The minimum atomic E-state index is -3.90. The van der Waals surface area contributed by atoms with Gasteiger partial charge in [0, 0.05) is 12.1 Å². The molecule has 0 aliphatic heterocycles. The van der Waals surface area contributed by atoms with Crippen LogP contribution in [0.25, 0.3) is 11.4 Å². The zero-order valence-corrected chi connectivity index (χ0v) is 11.6. The molecule has 0 amide bonds. The summed E-state index contributed by atoms with van der Waals surface area (Å²) in [5, 5.41) is 20.3. The molecule has 0 spiro atoms. The average molecular weight is 282 g/mol. The SMILES string of the molecule is CCn1c(-c2cc(C)nnc2C)nnc1S(N)(=O)=O. The molecule has 2 aromatic heterocycles. The molecule has 0 aromatic carbocycles. The number of aromatic nitrogens is 5. The largest absolute Gasteiger partial charge is 0.297 e. The Labute approximate surface area is 110 Å². The van der Waals surface area contributed by atoms with E-state index in [0.717, 1.165) is 0 Å². The van der Waals surface area contributed by atoms with Gasteiger partial charge in [-0.1, -0.05) is 0 Å². The Hall–Kier alpha value is -1.87. The fraction of sp³-hybridized carbons (Fsp3) is 0.400. The van der Waals surface area contributed by atoms with Gasteiger partial charge in [-0.05, 0) is 26.8 Å². The first-order valence-corrected chi connectivity index (χ1v) is 7.16. The maximum atomic E-state index is 11.4. The van der Waals surface area contributed by atoms with Crippen molar-refractivity contribution in [1.82, 2.24) is 25.0 Å². The third-order valence-corrected chi connectivity index (χ3v) is 3.44. The van der Waals surface area contributed by atoms with Crippen molar-refractivity contribution < 1.29 is 8.42 Å². The summed E-state index contributed by atoms with van der Waals surface area (Å²) in [5.74, 6) is 0.419. The molecule has 102 valence electrons. The number of hydrogen-bond donors (Lipinski definition) is 1. The molecule has 19 heavy (non-hydrogen) atoms. The number of hydrogen-bond acceptors (Lipinski definition) is 6. The van der Waals surface area contributed by atoms with Crippen LogP contribution in [0.4, 0.5) is 0 Å². The van der Waals surface area contributed by atoms with Gasteiger partial charge < -0.3 is 0 Å². The van der Waals surface area contributed by atoms with Crippen LogP contribution in [0.5, 0.6) is 0 Å². The first-order valence-electron chi connectivity index (χ1n) is 5.62. The number of sulfonamides is 1. The first kappa shape index (κ1) is 13.6. The van der Waals surface area contributed by atoms with Gasteiger partial charge in [-0.25, -0.2) is 13.6 Å². The van der Waals surface area contributed by atoms with Crippen LogP contribution in [-0.2, 0) is 16.6 Å². The normalized spacial score (nSPS) is 11.8. The van der Waals surface area contributed by atoms with Crippen LogP contribution in [0.15, 0.2) is 11.2 Å². The lowest BCUT2D eigenvalue weighted by atomic mass is 10.2. The first-order chi connectivity index (χ1) is 8.84. The van der Waals surface area contributed by atoms with Gasteiger partial charge in [-0.15, -0.1) is 10.2 Å². The molecule has 0 fully saturated rings. The Bertz CT molecular complexity index is 722. The molecule has 0 saturated heterocycles. The lowest BCUT2D eigenvalue weighted by molar-refractivity contribution is 0.570. The van der Waals surface area contributed by atoms with Crippen molar-refractivity contribution in [2.75, 3.05) is 0 Å². The molecule has 0 unspecified atom stereocenters. The molecule has 0 saturated carbocycles. The van der Waals surface area contributed by atoms with E-state index in [1.165, 1.54) is 4.57 Å². The van der Waals surface area contributed by atoms with Gasteiger partial charge in [0.2, 0.25) is 0 Å². The molecule has 2 heterocycles. The van der Waals surface area contributed by atoms with Gasteiger partial charge >= 0.3 is 0 Å². The molecule has 2 rings (SSSR count). The highest BCUT2D eigenvalue weighted by Crippen LogP contribution is 2.22. The maximum Gasteiger partial charge on any atom is 0.273 e. The van der Waals surface area contributed by atoms with Crippen LogP contribution >= 0.6 is 0 Å². The van der Waals surface area contributed by atoms with Gasteiger partial charge in [0.25, 0.3) is 15.2 Å². The van der Waals surface area contributed by atoms with Crippen LogP contribution in [0.1, 0.15) is 18.3 Å². The summed E-state index contributed by atoms with van der Waals surface area (Å²) in [6, 6.07) is 1.78. The predicted octanol–water partition coefficient (Wildman–Crippen LogP) is 0.0192. The average Bonchev–Trinajstić information content (AvgIpc) is 2.75. The van der Waals surface area contributed by atoms with Crippen molar-refractivity contribution in [3.63, 3.8) is 0 Å². The van der Waals surface area contributed by atoms with Crippen LogP contribution in [0.3, 0.4) is 0 Å². The second-order valence-corrected chi connectivity index (χ2v) is 5.54. The number of primary sulfonamides is 1. The summed E-state index contributed by atoms with van der Waals surface area (Å²) in [7, 11) is -3.90. The summed E-state index contributed by atoms with van der Waals surface area (Å²) in [4.78, 5) is 0. The zero-order valence-electron chi connectivity index (χ0n) is 10.8. The Morgan fingerprint density at radius 3 is 2.47 bits per heavy atom. The molecule has 0 radical (unpaired) electrons. The summed E-state index contributed by atoms with van der Waals surface area (Å²) in [6.45, 7) is 5.74.